The van der Waals surface area contributed by atoms with Crippen molar-refractivity contribution in [3.05, 3.63) is 35.4 Å². The van der Waals surface area contributed by atoms with E-state index in [0.717, 1.165) is 5.56 Å². The highest BCUT2D eigenvalue weighted by Crippen LogP contribution is 2.46. The first-order chi connectivity index (χ1) is 11.8. The van der Waals surface area contributed by atoms with Gasteiger partial charge in [0.15, 0.2) is 0 Å². The van der Waals surface area contributed by atoms with Crippen LogP contribution in [0.5, 0.6) is 0 Å². The van der Waals surface area contributed by atoms with Crippen LogP contribution in [0.1, 0.15) is 72.2 Å². The Morgan fingerprint density at radius 2 is 1.08 bits per heavy atom. The van der Waals surface area contributed by atoms with Crippen LogP contribution in [-0.2, 0) is 18.6 Å². The van der Waals surface area contributed by atoms with Gasteiger partial charge in [0.1, 0.15) is 0 Å². The average Bonchev–Trinajstić information content (AvgIpc) is 2.78. The van der Waals surface area contributed by atoms with Crippen LogP contribution < -0.4 is 0 Å². The van der Waals surface area contributed by atoms with Crippen LogP contribution >= 0.6 is 0 Å². The molecule has 0 radical (unpaired) electrons. The minimum Gasteiger partial charge on any atom is -0.403 e. The summed E-state index contributed by atoms with van der Waals surface area (Å²) in [6.45, 7) is 18.7. The molecule has 4 nitrogen and oxygen atoms in total. The van der Waals surface area contributed by atoms with E-state index in [1.54, 1.807) is 0 Å². The molecule has 0 spiro atoms. The second kappa shape index (κ2) is 6.10. The third-order valence-corrected chi connectivity index (χ3v) is 6.56. The summed E-state index contributed by atoms with van der Waals surface area (Å²) in [5.74, 6) is 0. The van der Waals surface area contributed by atoms with Crippen molar-refractivity contribution >= 4 is 14.2 Å². The van der Waals surface area contributed by atoms with E-state index in [0.29, 0.717) is 0 Å². The maximum atomic E-state index is 6.39. The Kier molecular flexibility index (Phi) is 4.68. The zero-order valence-corrected chi connectivity index (χ0v) is 17.7. The van der Waals surface area contributed by atoms with Crippen LogP contribution in [-0.4, -0.2) is 36.6 Å². The maximum absolute atomic E-state index is 6.39. The smallest absolute Gasteiger partial charge is 0.403 e. The molecule has 0 saturated carbocycles. The van der Waals surface area contributed by atoms with Gasteiger partial charge in [0.05, 0.1) is 28.1 Å². The molecule has 2 aliphatic rings. The van der Waals surface area contributed by atoms with E-state index in [1.807, 2.05) is 0 Å². The molecule has 1 aromatic rings. The third-order valence-electron chi connectivity index (χ3n) is 6.56. The quantitative estimate of drug-likeness (QED) is 0.754. The monoisotopic (exact) mass is 358 g/mol. The predicted octanol–water partition coefficient (Wildman–Crippen LogP) is 4.34. The summed E-state index contributed by atoms with van der Waals surface area (Å²) in [6.07, 6.45) is 0. The lowest BCUT2D eigenvalue weighted by molar-refractivity contribution is 0.00578. The normalized spacial score (nSPS) is 25.9. The number of rotatable bonds is 3. The Hall–Kier alpha value is -0.810. The van der Waals surface area contributed by atoms with Crippen molar-refractivity contribution < 1.29 is 18.6 Å². The SMILES string of the molecule is Cc1cccc(C(B2OC(C)(C)C(C)(C)O2)B2OC(C)(C)C(C)(C)O2)c1. The van der Waals surface area contributed by atoms with Gasteiger partial charge in [-0.05, 0) is 67.9 Å². The van der Waals surface area contributed by atoms with Crippen molar-refractivity contribution in [3.63, 3.8) is 0 Å². The Morgan fingerprint density at radius 3 is 1.42 bits per heavy atom. The minimum absolute atomic E-state index is 0.169. The summed E-state index contributed by atoms with van der Waals surface area (Å²) >= 11 is 0. The third kappa shape index (κ3) is 3.26. The summed E-state index contributed by atoms with van der Waals surface area (Å²) < 4.78 is 25.5. The van der Waals surface area contributed by atoms with Crippen LogP contribution in [0.15, 0.2) is 24.3 Å². The van der Waals surface area contributed by atoms with Crippen LogP contribution in [0.25, 0.3) is 0 Å². The van der Waals surface area contributed by atoms with E-state index < -0.39 is 36.6 Å². The number of hydrogen-bond acceptors (Lipinski definition) is 4. The van der Waals surface area contributed by atoms with Gasteiger partial charge in [-0.2, -0.15) is 0 Å². The van der Waals surface area contributed by atoms with E-state index >= 15 is 0 Å². The molecule has 0 aliphatic carbocycles. The van der Waals surface area contributed by atoms with Crippen molar-refractivity contribution in [1.82, 2.24) is 0 Å². The second-order valence-electron chi connectivity index (χ2n) is 9.69. The summed E-state index contributed by atoms with van der Waals surface area (Å²) in [5, 5.41) is 0. The number of hydrogen-bond donors (Lipinski definition) is 0. The molecule has 1 aromatic carbocycles. The standard InChI is InChI=1S/C20H32B2O4/c1-14-11-10-12-15(13-14)16(21-23-17(2,3)18(4,5)24-21)22-25-19(6,7)20(8,9)26-22/h10-13,16H,1-9H3. The van der Waals surface area contributed by atoms with E-state index in [1.165, 1.54) is 5.56 Å². The zero-order valence-electron chi connectivity index (χ0n) is 17.7. The molecular weight excluding hydrogens is 326 g/mol. The lowest BCUT2D eigenvalue weighted by Gasteiger charge is -2.32. The van der Waals surface area contributed by atoms with Crippen molar-refractivity contribution in [1.29, 1.82) is 0 Å². The van der Waals surface area contributed by atoms with Crippen molar-refractivity contribution in [2.45, 2.75) is 90.4 Å². The first-order valence-electron chi connectivity index (χ1n) is 9.54. The lowest BCUT2D eigenvalue weighted by Crippen LogP contribution is -2.41. The molecule has 0 amide bonds. The van der Waals surface area contributed by atoms with Gasteiger partial charge < -0.3 is 18.6 Å². The van der Waals surface area contributed by atoms with Crippen molar-refractivity contribution in [2.24, 2.45) is 0 Å². The van der Waals surface area contributed by atoms with E-state index in [4.69, 9.17) is 18.6 Å². The predicted molar refractivity (Wildman–Crippen MR) is 106 cm³/mol. The number of benzene rings is 1. The van der Waals surface area contributed by atoms with Gasteiger partial charge in [-0.3, -0.25) is 0 Å². The van der Waals surface area contributed by atoms with Crippen molar-refractivity contribution in [3.8, 4) is 0 Å². The van der Waals surface area contributed by atoms with Gasteiger partial charge in [0.2, 0.25) is 0 Å². The van der Waals surface area contributed by atoms with Crippen LogP contribution in [0.3, 0.4) is 0 Å². The highest BCUT2D eigenvalue weighted by atomic mass is 16.7. The van der Waals surface area contributed by atoms with Gasteiger partial charge in [-0.25, -0.2) is 0 Å². The average molecular weight is 358 g/mol. The van der Waals surface area contributed by atoms with Gasteiger partial charge in [0, 0.05) is 0 Å². The zero-order chi connectivity index (χ0) is 19.5. The highest BCUT2D eigenvalue weighted by molar-refractivity contribution is 6.68. The molecule has 0 N–H and O–H groups in total. The first-order valence-corrected chi connectivity index (χ1v) is 9.54. The molecule has 0 aromatic heterocycles. The minimum atomic E-state index is -0.434. The molecule has 0 atom stereocenters. The highest BCUT2D eigenvalue weighted by Gasteiger charge is 2.62. The molecule has 3 rings (SSSR count). The second-order valence-corrected chi connectivity index (χ2v) is 9.69. The van der Waals surface area contributed by atoms with Crippen LogP contribution in [0.4, 0.5) is 0 Å². The van der Waals surface area contributed by atoms with E-state index in [2.05, 4.69) is 86.6 Å². The maximum Gasteiger partial charge on any atom is 0.463 e. The van der Waals surface area contributed by atoms with Gasteiger partial charge in [-0.1, -0.05) is 29.8 Å². The largest absolute Gasteiger partial charge is 0.463 e. The Labute approximate surface area is 159 Å². The summed E-state index contributed by atoms with van der Waals surface area (Å²) in [7, 11) is -0.868. The molecule has 142 valence electrons. The fourth-order valence-corrected chi connectivity index (χ4v) is 3.39. The summed E-state index contributed by atoms with van der Waals surface area (Å²) in [6, 6.07) is 8.43. The van der Waals surface area contributed by atoms with Crippen molar-refractivity contribution in [2.75, 3.05) is 0 Å². The first kappa shape index (κ1) is 19.9. The Morgan fingerprint density at radius 1 is 0.692 bits per heavy atom. The fourth-order valence-electron chi connectivity index (χ4n) is 3.39. The van der Waals surface area contributed by atoms with Gasteiger partial charge in [-0.15, -0.1) is 0 Å². The van der Waals surface area contributed by atoms with E-state index in [-0.39, 0.29) is 5.72 Å². The molecule has 0 unspecified atom stereocenters. The molecule has 26 heavy (non-hydrogen) atoms. The summed E-state index contributed by atoms with van der Waals surface area (Å²) in [5.41, 5.74) is 0.541. The Balaban J connectivity index is 2.00. The molecular formula is C20H32B2O4. The van der Waals surface area contributed by atoms with E-state index in [9.17, 15) is 0 Å². The van der Waals surface area contributed by atoms with Crippen LogP contribution in [0.2, 0.25) is 0 Å². The fraction of sp³-hybridized carbons (Fsp3) is 0.700. The Bertz CT molecular complexity index is 616. The molecule has 2 fully saturated rings. The summed E-state index contributed by atoms with van der Waals surface area (Å²) in [4.78, 5) is 0. The molecule has 6 heteroatoms. The van der Waals surface area contributed by atoms with Crippen LogP contribution in [0, 0.1) is 6.92 Å². The molecule has 2 aliphatic heterocycles. The topological polar surface area (TPSA) is 36.9 Å². The lowest BCUT2D eigenvalue weighted by atomic mass is 9.49. The van der Waals surface area contributed by atoms with Gasteiger partial charge >= 0.3 is 14.2 Å². The number of aryl methyl sites for hydroxylation is 1. The molecule has 2 saturated heterocycles. The molecule has 0 bridgehead atoms. The molecule has 2 heterocycles. The van der Waals surface area contributed by atoms with Gasteiger partial charge in [0.25, 0.3) is 0 Å².